The van der Waals surface area contributed by atoms with E-state index in [1.807, 2.05) is 0 Å². The Morgan fingerprint density at radius 1 is 0.214 bits per heavy atom. The van der Waals surface area contributed by atoms with Gasteiger partial charge >= 0.3 is 0 Å². The molecule has 2 heterocycles. The van der Waals surface area contributed by atoms with Crippen LogP contribution in [0.5, 0.6) is 0 Å². The monoisotopic (exact) mass is 892 g/mol. The zero-order chi connectivity index (χ0) is 45.9. The van der Waals surface area contributed by atoms with E-state index in [4.69, 9.17) is 8.83 Å². The molecule has 0 aliphatic carbocycles. The summed E-state index contributed by atoms with van der Waals surface area (Å²) in [5.74, 6) is 0. The Hall–Kier alpha value is -9.38. The van der Waals surface area contributed by atoms with Crippen LogP contribution in [0.25, 0.3) is 109 Å². The predicted octanol–water partition coefficient (Wildman–Crippen LogP) is 19.3. The van der Waals surface area contributed by atoms with E-state index in [1.54, 1.807) is 0 Å². The summed E-state index contributed by atoms with van der Waals surface area (Å²) in [4.78, 5) is 4.76. The van der Waals surface area contributed by atoms with Gasteiger partial charge in [0.05, 0.1) is 11.4 Å². The third-order valence-corrected chi connectivity index (χ3v) is 14.5. The third kappa shape index (κ3) is 5.77. The highest BCUT2D eigenvalue weighted by Crippen LogP contribution is 2.51. The molecule has 15 rings (SSSR count). The molecule has 326 valence electrons. The Labute approximate surface area is 402 Å². The van der Waals surface area contributed by atoms with Gasteiger partial charge in [0.15, 0.2) is 0 Å². The summed E-state index contributed by atoms with van der Waals surface area (Å²) in [5, 5.41) is 18.5. The molecule has 0 saturated carbocycles. The van der Waals surface area contributed by atoms with Gasteiger partial charge in [0.25, 0.3) is 0 Å². The van der Waals surface area contributed by atoms with Crippen molar-refractivity contribution in [3.8, 4) is 0 Å². The lowest BCUT2D eigenvalue weighted by Crippen LogP contribution is -2.10. The maximum absolute atomic E-state index is 7.06. The fourth-order valence-electron chi connectivity index (χ4n) is 11.4. The number of nitrogens with zero attached hydrogens (tertiary/aromatic N) is 2. The van der Waals surface area contributed by atoms with Crippen molar-refractivity contribution in [2.75, 3.05) is 9.80 Å². The van der Waals surface area contributed by atoms with E-state index in [9.17, 15) is 0 Å². The van der Waals surface area contributed by atoms with Crippen LogP contribution in [0.3, 0.4) is 0 Å². The lowest BCUT2D eigenvalue weighted by molar-refractivity contribution is 0.663. The van der Waals surface area contributed by atoms with Gasteiger partial charge in [-0.3, -0.25) is 0 Å². The van der Waals surface area contributed by atoms with Crippen LogP contribution in [0.4, 0.5) is 34.1 Å². The second-order valence-corrected chi connectivity index (χ2v) is 18.4. The van der Waals surface area contributed by atoms with Crippen molar-refractivity contribution in [2.24, 2.45) is 0 Å². The molecular formula is C66H40N2O2. The summed E-state index contributed by atoms with van der Waals surface area (Å²) >= 11 is 0. The van der Waals surface area contributed by atoms with Crippen molar-refractivity contribution in [2.45, 2.75) is 0 Å². The minimum absolute atomic E-state index is 0.817. The highest BCUT2D eigenvalue weighted by atomic mass is 16.3. The normalized spacial score (nSPS) is 12.0. The Morgan fingerprint density at radius 3 is 0.986 bits per heavy atom. The molecule has 0 bridgehead atoms. The summed E-state index contributed by atoms with van der Waals surface area (Å²) in [6.07, 6.45) is 0. The van der Waals surface area contributed by atoms with Crippen LogP contribution >= 0.6 is 0 Å². The molecule has 15 aromatic rings. The van der Waals surface area contributed by atoms with Gasteiger partial charge in [0, 0.05) is 67.2 Å². The largest absolute Gasteiger partial charge is 0.456 e. The number of hydrogen-bond donors (Lipinski definition) is 0. The molecule has 0 unspecified atom stereocenters. The van der Waals surface area contributed by atoms with Crippen molar-refractivity contribution in [1.29, 1.82) is 0 Å². The summed E-state index contributed by atoms with van der Waals surface area (Å²) in [6, 6.07) is 87.3. The van der Waals surface area contributed by atoms with Gasteiger partial charge in [-0.1, -0.05) is 170 Å². The first-order valence-corrected chi connectivity index (χ1v) is 23.9. The number of furan rings is 2. The Morgan fingerprint density at radius 2 is 0.557 bits per heavy atom. The van der Waals surface area contributed by atoms with E-state index >= 15 is 0 Å². The van der Waals surface area contributed by atoms with E-state index in [0.29, 0.717) is 0 Å². The Balaban J connectivity index is 0.982. The topological polar surface area (TPSA) is 32.8 Å². The standard InChI is InChI=1S/C66H40N2O2/c1-3-17-45(18-4-1)67(47-33-31-43-29-27-41-15-7-9-21-49(41)55(43)37-47)57-39-61-63(53-25-13-11-23-51(53)57)65-59(69-61)35-36-60-66(65)64-54-26-14-12-24-52(54)58(40-62(64)70-60)68(46-19-5-2-6-20-46)48-34-32-44-30-28-42-16-8-10-22-50(42)56(44)38-48/h1-40H. The Kier molecular flexibility index (Phi) is 8.33. The summed E-state index contributed by atoms with van der Waals surface area (Å²) < 4.78 is 14.1. The van der Waals surface area contributed by atoms with Gasteiger partial charge in [-0.05, 0) is 115 Å². The maximum atomic E-state index is 7.06. The molecule has 0 atom stereocenters. The molecule has 0 spiro atoms. The van der Waals surface area contributed by atoms with Gasteiger partial charge < -0.3 is 18.6 Å². The van der Waals surface area contributed by atoms with E-state index in [1.165, 1.54) is 43.1 Å². The van der Waals surface area contributed by atoms with Crippen molar-refractivity contribution < 1.29 is 8.83 Å². The number of fused-ring (bicyclic) bond motifs is 17. The van der Waals surface area contributed by atoms with Crippen molar-refractivity contribution >= 4 is 143 Å². The first-order chi connectivity index (χ1) is 34.7. The van der Waals surface area contributed by atoms with Gasteiger partial charge in [-0.2, -0.15) is 0 Å². The molecule has 0 radical (unpaired) electrons. The fraction of sp³-hybridized carbons (Fsp3) is 0. The second kappa shape index (κ2) is 15.1. The zero-order valence-electron chi connectivity index (χ0n) is 37.8. The van der Waals surface area contributed by atoms with Gasteiger partial charge in [0.2, 0.25) is 0 Å². The minimum Gasteiger partial charge on any atom is -0.456 e. The van der Waals surface area contributed by atoms with Crippen LogP contribution < -0.4 is 9.80 Å². The average Bonchev–Trinajstić information content (AvgIpc) is 4.00. The average molecular weight is 893 g/mol. The SMILES string of the molecule is c1ccc(N(c2ccc3ccc4ccccc4c3c2)c2cc3oc4ccc5oc6cc(N(c7ccccc7)c7ccc8ccc9ccccc9c8c7)c7ccccc7c6c5c4c3c3ccccc23)cc1. The first kappa shape index (κ1) is 38.7. The minimum atomic E-state index is 0.817. The van der Waals surface area contributed by atoms with E-state index in [0.717, 1.165) is 99.5 Å². The smallest absolute Gasteiger partial charge is 0.138 e. The van der Waals surface area contributed by atoms with E-state index in [2.05, 4.69) is 252 Å². The molecule has 0 aliphatic heterocycles. The zero-order valence-corrected chi connectivity index (χ0v) is 37.8. The van der Waals surface area contributed by atoms with Crippen molar-refractivity contribution in [3.63, 3.8) is 0 Å². The third-order valence-electron chi connectivity index (χ3n) is 14.5. The van der Waals surface area contributed by atoms with Crippen LogP contribution in [0.15, 0.2) is 251 Å². The summed E-state index contributed by atoms with van der Waals surface area (Å²) in [5.41, 5.74) is 9.63. The molecule has 2 aromatic heterocycles. The number of para-hydroxylation sites is 2. The summed E-state index contributed by atoms with van der Waals surface area (Å²) in [6.45, 7) is 0. The number of hydrogen-bond acceptors (Lipinski definition) is 4. The summed E-state index contributed by atoms with van der Waals surface area (Å²) in [7, 11) is 0. The van der Waals surface area contributed by atoms with Gasteiger partial charge in [0.1, 0.15) is 22.3 Å². The van der Waals surface area contributed by atoms with Crippen molar-refractivity contribution in [1.82, 2.24) is 0 Å². The van der Waals surface area contributed by atoms with Gasteiger partial charge in [-0.15, -0.1) is 0 Å². The molecule has 4 heteroatoms. The number of benzene rings is 13. The van der Waals surface area contributed by atoms with Crippen LogP contribution in [0.1, 0.15) is 0 Å². The predicted molar refractivity (Wildman–Crippen MR) is 295 cm³/mol. The quantitative estimate of drug-likeness (QED) is 0.156. The highest BCUT2D eigenvalue weighted by Gasteiger charge is 2.26. The Bertz CT molecular complexity index is 4310. The first-order valence-electron chi connectivity index (χ1n) is 23.9. The van der Waals surface area contributed by atoms with Crippen LogP contribution in [-0.2, 0) is 0 Å². The molecule has 0 saturated heterocycles. The molecule has 4 nitrogen and oxygen atoms in total. The molecule has 0 N–H and O–H groups in total. The lowest BCUT2D eigenvalue weighted by Gasteiger charge is -2.27. The van der Waals surface area contributed by atoms with Crippen LogP contribution in [0.2, 0.25) is 0 Å². The molecule has 13 aromatic carbocycles. The van der Waals surface area contributed by atoms with Gasteiger partial charge in [-0.25, -0.2) is 0 Å². The number of rotatable bonds is 6. The maximum Gasteiger partial charge on any atom is 0.138 e. The molecular weight excluding hydrogens is 853 g/mol. The van der Waals surface area contributed by atoms with Crippen molar-refractivity contribution in [3.05, 3.63) is 243 Å². The molecule has 0 amide bonds. The number of anilines is 6. The lowest BCUT2D eigenvalue weighted by atomic mass is 9.96. The highest BCUT2D eigenvalue weighted by molar-refractivity contribution is 6.35. The second-order valence-electron chi connectivity index (χ2n) is 18.4. The van der Waals surface area contributed by atoms with Crippen LogP contribution in [0, 0.1) is 0 Å². The fourth-order valence-corrected chi connectivity index (χ4v) is 11.4. The molecule has 0 fully saturated rings. The molecule has 70 heavy (non-hydrogen) atoms. The van der Waals surface area contributed by atoms with E-state index in [-0.39, 0.29) is 0 Å². The van der Waals surface area contributed by atoms with E-state index < -0.39 is 0 Å². The van der Waals surface area contributed by atoms with Crippen LogP contribution in [-0.4, -0.2) is 0 Å². The molecule has 0 aliphatic rings.